The van der Waals surface area contributed by atoms with E-state index < -0.39 is 9.84 Å². The fourth-order valence-electron chi connectivity index (χ4n) is 2.36. The summed E-state index contributed by atoms with van der Waals surface area (Å²) in [5.41, 5.74) is 1.17. The minimum absolute atomic E-state index is 0.00905. The van der Waals surface area contributed by atoms with Crippen molar-refractivity contribution < 1.29 is 8.42 Å². The molecule has 4 heteroatoms. The Labute approximate surface area is 130 Å². The minimum atomic E-state index is -3.24. The molecule has 0 radical (unpaired) electrons. The summed E-state index contributed by atoms with van der Waals surface area (Å²) < 4.78 is 25.2. The zero-order valence-corrected chi connectivity index (χ0v) is 14.7. The fraction of sp³-hybridized carbons (Fsp3) is 0.647. The molecule has 0 aliphatic rings. The molecular formula is C17H29NO2S. The minimum Gasteiger partial charge on any atom is -0.313 e. The van der Waals surface area contributed by atoms with Crippen LogP contribution in [0.5, 0.6) is 0 Å². The number of sulfone groups is 1. The van der Waals surface area contributed by atoms with E-state index in [4.69, 9.17) is 0 Å². The summed E-state index contributed by atoms with van der Waals surface area (Å²) >= 11 is 0. The van der Waals surface area contributed by atoms with Crippen molar-refractivity contribution in [2.45, 2.75) is 57.9 Å². The quantitative estimate of drug-likeness (QED) is 0.798. The first-order valence-corrected chi connectivity index (χ1v) is 9.53. The summed E-state index contributed by atoms with van der Waals surface area (Å²) in [6.07, 6.45) is 0.972. The van der Waals surface area contributed by atoms with Gasteiger partial charge in [0, 0.05) is 6.04 Å². The maximum atomic E-state index is 12.6. The molecule has 0 saturated heterocycles. The summed E-state index contributed by atoms with van der Waals surface area (Å²) in [4.78, 5) is 0.429. The normalized spacial score (nSPS) is 15.1. The van der Waals surface area contributed by atoms with E-state index in [0.29, 0.717) is 16.7 Å². The highest BCUT2D eigenvalue weighted by Crippen LogP contribution is 2.20. The van der Waals surface area contributed by atoms with E-state index in [2.05, 4.69) is 33.0 Å². The molecule has 1 aromatic rings. The molecule has 21 heavy (non-hydrogen) atoms. The molecule has 0 amide bonds. The smallest absolute Gasteiger partial charge is 0.179 e. The number of nitrogens with one attached hydrogen (secondary N) is 1. The van der Waals surface area contributed by atoms with Crippen LogP contribution in [0.4, 0.5) is 0 Å². The van der Waals surface area contributed by atoms with E-state index in [1.54, 1.807) is 12.1 Å². The number of rotatable bonds is 8. The van der Waals surface area contributed by atoms with Gasteiger partial charge >= 0.3 is 0 Å². The lowest BCUT2D eigenvalue weighted by Crippen LogP contribution is -2.40. The molecule has 0 bridgehead atoms. The molecule has 0 aliphatic carbocycles. The molecule has 0 saturated carbocycles. The summed E-state index contributed by atoms with van der Waals surface area (Å²) in [5, 5.41) is 3.31. The van der Waals surface area contributed by atoms with Crippen molar-refractivity contribution in [2.75, 3.05) is 12.3 Å². The summed E-state index contributed by atoms with van der Waals surface area (Å²) in [5.74, 6) is 0.919. The Bertz CT molecular complexity index is 520. The summed E-state index contributed by atoms with van der Waals surface area (Å²) in [6, 6.07) is 7.33. The maximum Gasteiger partial charge on any atom is 0.179 e. The monoisotopic (exact) mass is 311 g/mol. The topological polar surface area (TPSA) is 46.2 Å². The highest BCUT2D eigenvalue weighted by atomic mass is 32.2. The van der Waals surface area contributed by atoms with Crippen LogP contribution in [0.2, 0.25) is 0 Å². The van der Waals surface area contributed by atoms with E-state index >= 15 is 0 Å². The Balaban J connectivity index is 2.93. The molecule has 2 unspecified atom stereocenters. The molecule has 120 valence electrons. The third kappa shape index (κ3) is 5.11. The van der Waals surface area contributed by atoms with Gasteiger partial charge in [0.25, 0.3) is 0 Å². The van der Waals surface area contributed by atoms with Gasteiger partial charge in [0.2, 0.25) is 0 Å². The first kappa shape index (κ1) is 18.2. The maximum absolute atomic E-state index is 12.6. The van der Waals surface area contributed by atoms with Crippen LogP contribution < -0.4 is 5.32 Å². The van der Waals surface area contributed by atoms with Crippen LogP contribution in [-0.4, -0.2) is 26.8 Å². The van der Waals surface area contributed by atoms with Gasteiger partial charge in [-0.25, -0.2) is 8.42 Å². The number of benzene rings is 1. The van der Waals surface area contributed by atoms with Gasteiger partial charge in [-0.2, -0.15) is 0 Å². The van der Waals surface area contributed by atoms with Crippen LogP contribution in [0.1, 0.15) is 52.5 Å². The van der Waals surface area contributed by atoms with Crippen LogP contribution in [0, 0.1) is 5.92 Å². The third-order valence-electron chi connectivity index (χ3n) is 4.10. The van der Waals surface area contributed by atoms with Crippen molar-refractivity contribution >= 4 is 9.84 Å². The molecule has 3 nitrogen and oxygen atoms in total. The molecular weight excluding hydrogens is 282 g/mol. The van der Waals surface area contributed by atoms with Gasteiger partial charge in [0.1, 0.15) is 0 Å². The number of hydrogen-bond donors (Lipinski definition) is 1. The first-order chi connectivity index (χ1) is 9.81. The zero-order valence-electron chi connectivity index (χ0n) is 13.9. The van der Waals surface area contributed by atoms with Gasteiger partial charge in [-0.15, -0.1) is 0 Å². The van der Waals surface area contributed by atoms with E-state index in [9.17, 15) is 8.42 Å². The SMILES string of the molecule is CCNC(CS(=O)(=O)c1ccc(C(C)C)cc1)C(C)CC. The van der Waals surface area contributed by atoms with E-state index in [0.717, 1.165) is 13.0 Å². The summed E-state index contributed by atoms with van der Waals surface area (Å²) in [6.45, 7) is 11.2. The Kier molecular flexibility index (Phi) is 6.88. The second-order valence-electron chi connectivity index (χ2n) is 6.05. The lowest BCUT2D eigenvalue weighted by molar-refractivity contribution is 0.398. The van der Waals surface area contributed by atoms with Crippen LogP contribution in [0.15, 0.2) is 29.2 Å². The third-order valence-corrected chi connectivity index (χ3v) is 5.89. The first-order valence-electron chi connectivity index (χ1n) is 7.87. The average molecular weight is 311 g/mol. The van der Waals surface area contributed by atoms with Gasteiger partial charge in [-0.05, 0) is 36.1 Å². The average Bonchev–Trinajstić information content (AvgIpc) is 2.45. The lowest BCUT2D eigenvalue weighted by Gasteiger charge is -2.23. The van der Waals surface area contributed by atoms with Crippen molar-refractivity contribution in [3.8, 4) is 0 Å². The van der Waals surface area contributed by atoms with Crippen molar-refractivity contribution in [1.82, 2.24) is 5.32 Å². The molecule has 0 aliphatic heterocycles. The second kappa shape index (κ2) is 7.95. The largest absolute Gasteiger partial charge is 0.313 e. The van der Waals surface area contributed by atoms with Crippen molar-refractivity contribution in [2.24, 2.45) is 5.92 Å². The zero-order chi connectivity index (χ0) is 16.0. The van der Waals surface area contributed by atoms with Crippen LogP contribution >= 0.6 is 0 Å². The Morgan fingerprint density at radius 2 is 1.62 bits per heavy atom. The predicted molar refractivity (Wildman–Crippen MR) is 89.5 cm³/mol. The molecule has 1 rings (SSSR count). The molecule has 2 atom stereocenters. The van der Waals surface area contributed by atoms with E-state index in [-0.39, 0.29) is 11.8 Å². The summed E-state index contributed by atoms with van der Waals surface area (Å²) in [7, 11) is -3.24. The van der Waals surface area contributed by atoms with Gasteiger partial charge in [0.05, 0.1) is 10.6 Å². The second-order valence-corrected chi connectivity index (χ2v) is 8.09. The Morgan fingerprint density at radius 3 is 2.05 bits per heavy atom. The van der Waals surface area contributed by atoms with Gasteiger partial charge in [-0.3, -0.25) is 0 Å². The number of hydrogen-bond acceptors (Lipinski definition) is 3. The van der Waals surface area contributed by atoms with E-state index in [1.807, 2.05) is 19.1 Å². The van der Waals surface area contributed by atoms with Crippen LogP contribution in [0.25, 0.3) is 0 Å². The fourth-order valence-corrected chi connectivity index (χ4v) is 4.03. The molecule has 1 N–H and O–H groups in total. The highest BCUT2D eigenvalue weighted by Gasteiger charge is 2.24. The van der Waals surface area contributed by atoms with Crippen molar-refractivity contribution in [1.29, 1.82) is 0 Å². The van der Waals surface area contributed by atoms with Crippen LogP contribution in [-0.2, 0) is 9.84 Å². The van der Waals surface area contributed by atoms with E-state index in [1.165, 1.54) is 5.56 Å². The lowest BCUT2D eigenvalue weighted by atomic mass is 10.0. The molecule has 0 heterocycles. The van der Waals surface area contributed by atoms with Crippen molar-refractivity contribution in [3.05, 3.63) is 29.8 Å². The standard InChI is InChI=1S/C17H29NO2S/c1-6-14(5)17(18-7-2)12-21(19,20)16-10-8-15(9-11-16)13(3)4/h8-11,13-14,17-18H,6-7,12H2,1-5H3. The molecule has 0 spiro atoms. The van der Waals surface area contributed by atoms with Gasteiger partial charge < -0.3 is 5.32 Å². The predicted octanol–water partition coefficient (Wildman–Crippen LogP) is 3.61. The Morgan fingerprint density at radius 1 is 1.05 bits per heavy atom. The van der Waals surface area contributed by atoms with Gasteiger partial charge in [-0.1, -0.05) is 53.2 Å². The molecule has 1 aromatic carbocycles. The van der Waals surface area contributed by atoms with Crippen molar-refractivity contribution in [3.63, 3.8) is 0 Å². The highest BCUT2D eigenvalue weighted by molar-refractivity contribution is 7.91. The van der Waals surface area contributed by atoms with Crippen LogP contribution in [0.3, 0.4) is 0 Å². The van der Waals surface area contributed by atoms with Gasteiger partial charge in [0.15, 0.2) is 9.84 Å². The molecule has 0 aromatic heterocycles. The Hall–Kier alpha value is -0.870. The molecule has 0 fully saturated rings.